The summed E-state index contributed by atoms with van der Waals surface area (Å²) in [5.41, 5.74) is 1.66. The highest BCUT2D eigenvalue weighted by molar-refractivity contribution is 5.92. The summed E-state index contributed by atoms with van der Waals surface area (Å²) in [5.74, 6) is -0.0746. The molecule has 1 amide bonds. The molecule has 4 nitrogen and oxygen atoms in total. The first-order chi connectivity index (χ1) is 9.13. The lowest BCUT2D eigenvalue weighted by molar-refractivity contribution is 0.0914. The molecular formula is C15H23N3O. The quantitative estimate of drug-likeness (QED) is 0.876. The highest BCUT2D eigenvalue weighted by atomic mass is 16.1. The van der Waals surface area contributed by atoms with Crippen LogP contribution in [0.1, 0.15) is 49.5 Å². The predicted octanol–water partition coefficient (Wildman–Crippen LogP) is 2.82. The summed E-state index contributed by atoms with van der Waals surface area (Å²) in [6.07, 6.45) is 7.98. The zero-order chi connectivity index (χ0) is 13.7. The average molecular weight is 261 g/mol. The largest absolute Gasteiger partial charge is 0.387 e. The number of hydrogen-bond donors (Lipinski definition) is 2. The molecule has 2 rings (SSSR count). The van der Waals surface area contributed by atoms with E-state index >= 15 is 0 Å². The first-order valence-electron chi connectivity index (χ1n) is 7.05. The second-order valence-electron chi connectivity index (χ2n) is 5.74. The third-order valence-electron chi connectivity index (χ3n) is 4.02. The molecule has 0 radical (unpaired) electrons. The van der Waals surface area contributed by atoms with E-state index in [0.29, 0.717) is 5.69 Å². The fourth-order valence-corrected chi connectivity index (χ4v) is 2.64. The summed E-state index contributed by atoms with van der Waals surface area (Å²) >= 11 is 0. The molecule has 104 valence electrons. The summed E-state index contributed by atoms with van der Waals surface area (Å²) in [7, 11) is 1.83. The standard InChI is InChI=1S/C15H23N3O/c1-15(8-4-3-5-9-15)11-18-14(19)13-7-6-12(16-2)10-17-13/h6-7,10,16H,3-5,8-9,11H2,1-2H3,(H,18,19). The number of carbonyl (C=O) groups is 1. The number of hydrogen-bond acceptors (Lipinski definition) is 3. The van der Waals surface area contributed by atoms with E-state index in [9.17, 15) is 4.79 Å². The summed E-state index contributed by atoms with van der Waals surface area (Å²) in [5, 5.41) is 6.01. The van der Waals surface area contributed by atoms with Crippen LogP contribution >= 0.6 is 0 Å². The molecule has 2 N–H and O–H groups in total. The first kappa shape index (κ1) is 13.8. The fraction of sp³-hybridized carbons (Fsp3) is 0.600. The van der Waals surface area contributed by atoms with Crippen molar-refractivity contribution in [3.8, 4) is 0 Å². The first-order valence-corrected chi connectivity index (χ1v) is 7.05. The van der Waals surface area contributed by atoms with Crippen molar-refractivity contribution in [1.29, 1.82) is 0 Å². The van der Waals surface area contributed by atoms with E-state index < -0.39 is 0 Å². The Hall–Kier alpha value is -1.58. The molecule has 0 aliphatic heterocycles. The van der Waals surface area contributed by atoms with Crippen LogP contribution in [0.25, 0.3) is 0 Å². The van der Waals surface area contributed by atoms with Gasteiger partial charge in [-0.2, -0.15) is 0 Å². The summed E-state index contributed by atoms with van der Waals surface area (Å²) < 4.78 is 0. The minimum atomic E-state index is -0.0746. The van der Waals surface area contributed by atoms with Crippen molar-refractivity contribution in [1.82, 2.24) is 10.3 Å². The average Bonchev–Trinajstić information content (AvgIpc) is 2.46. The van der Waals surface area contributed by atoms with E-state index in [1.165, 1.54) is 32.1 Å². The number of amides is 1. The Morgan fingerprint density at radius 1 is 1.32 bits per heavy atom. The normalized spacial score (nSPS) is 17.8. The lowest BCUT2D eigenvalue weighted by Gasteiger charge is -2.33. The number of nitrogens with one attached hydrogen (secondary N) is 2. The van der Waals surface area contributed by atoms with Crippen molar-refractivity contribution in [2.24, 2.45) is 5.41 Å². The molecule has 0 aromatic carbocycles. The van der Waals surface area contributed by atoms with Crippen LogP contribution in [0.5, 0.6) is 0 Å². The minimum absolute atomic E-state index is 0.0746. The van der Waals surface area contributed by atoms with Crippen LogP contribution in [-0.4, -0.2) is 24.5 Å². The van der Waals surface area contributed by atoms with Crippen molar-refractivity contribution in [3.05, 3.63) is 24.0 Å². The fourth-order valence-electron chi connectivity index (χ4n) is 2.64. The van der Waals surface area contributed by atoms with Crippen molar-refractivity contribution >= 4 is 11.6 Å². The molecule has 4 heteroatoms. The maximum absolute atomic E-state index is 12.0. The molecule has 0 saturated heterocycles. The second kappa shape index (κ2) is 6.04. The van der Waals surface area contributed by atoms with Crippen molar-refractivity contribution in [2.45, 2.75) is 39.0 Å². The summed E-state index contributed by atoms with van der Waals surface area (Å²) in [4.78, 5) is 16.2. The molecule has 0 spiro atoms. The van der Waals surface area contributed by atoms with Crippen LogP contribution in [0.2, 0.25) is 0 Å². The van der Waals surface area contributed by atoms with Gasteiger partial charge in [0.15, 0.2) is 0 Å². The van der Waals surface area contributed by atoms with Gasteiger partial charge in [0.1, 0.15) is 5.69 Å². The van der Waals surface area contributed by atoms with Crippen LogP contribution in [0.15, 0.2) is 18.3 Å². The van der Waals surface area contributed by atoms with Crippen LogP contribution in [-0.2, 0) is 0 Å². The minimum Gasteiger partial charge on any atom is -0.387 e. The van der Waals surface area contributed by atoms with E-state index in [4.69, 9.17) is 0 Å². The molecule has 1 saturated carbocycles. The van der Waals surface area contributed by atoms with Gasteiger partial charge in [-0.05, 0) is 30.4 Å². The molecule has 1 aromatic rings. The van der Waals surface area contributed by atoms with Gasteiger partial charge >= 0.3 is 0 Å². The van der Waals surface area contributed by atoms with Gasteiger partial charge in [-0.1, -0.05) is 26.2 Å². The van der Waals surface area contributed by atoms with E-state index in [0.717, 1.165) is 12.2 Å². The molecular weight excluding hydrogens is 238 g/mol. The highest BCUT2D eigenvalue weighted by Crippen LogP contribution is 2.34. The smallest absolute Gasteiger partial charge is 0.269 e. The van der Waals surface area contributed by atoms with Crippen LogP contribution in [0.4, 0.5) is 5.69 Å². The second-order valence-corrected chi connectivity index (χ2v) is 5.74. The zero-order valence-corrected chi connectivity index (χ0v) is 11.8. The van der Waals surface area contributed by atoms with Gasteiger partial charge in [-0.25, -0.2) is 4.98 Å². The van der Waals surface area contributed by atoms with Crippen molar-refractivity contribution in [2.75, 3.05) is 18.9 Å². The van der Waals surface area contributed by atoms with Gasteiger partial charge in [0.05, 0.1) is 11.9 Å². The van der Waals surface area contributed by atoms with Crippen LogP contribution < -0.4 is 10.6 Å². The Balaban J connectivity index is 1.89. The molecule has 1 heterocycles. The Morgan fingerprint density at radius 2 is 2.05 bits per heavy atom. The molecule has 1 aliphatic carbocycles. The molecule has 0 unspecified atom stereocenters. The van der Waals surface area contributed by atoms with E-state index in [-0.39, 0.29) is 11.3 Å². The summed E-state index contributed by atoms with van der Waals surface area (Å²) in [6.45, 7) is 3.02. The maximum Gasteiger partial charge on any atom is 0.269 e. The van der Waals surface area contributed by atoms with Crippen molar-refractivity contribution in [3.63, 3.8) is 0 Å². The molecule has 0 bridgehead atoms. The number of anilines is 1. The number of carbonyl (C=O) groups excluding carboxylic acids is 1. The molecule has 1 fully saturated rings. The SMILES string of the molecule is CNc1ccc(C(=O)NCC2(C)CCCCC2)nc1. The zero-order valence-electron chi connectivity index (χ0n) is 11.8. The Labute approximate surface area is 115 Å². The number of rotatable bonds is 4. The van der Waals surface area contributed by atoms with Gasteiger partial charge in [0.25, 0.3) is 5.91 Å². The highest BCUT2D eigenvalue weighted by Gasteiger charge is 2.27. The monoisotopic (exact) mass is 261 g/mol. The molecule has 1 aromatic heterocycles. The van der Waals surface area contributed by atoms with E-state index in [2.05, 4.69) is 22.5 Å². The van der Waals surface area contributed by atoms with Gasteiger partial charge in [0, 0.05) is 13.6 Å². The third kappa shape index (κ3) is 3.69. The third-order valence-corrected chi connectivity index (χ3v) is 4.02. The van der Waals surface area contributed by atoms with E-state index in [1.807, 2.05) is 13.1 Å². The Bertz CT molecular complexity index is 422. The Morgan fingerprint density at radius 3 is 2.63 bits per heavy atom. The number of nitrogens with zero attached hydrogens (tertiary/aromatic N) is 1. The van der Waals surface area contributed by atoms with Gasteiger partial charge < -0.3 is 10.6 Å². The van der Waals surface area contributed by atoms with Gasteiger partial charge in [-0.15, -0.1) is 0 Å². The molecule has 0 atom stereocenters. The van der Waals surface area contributed by atoms with Gasteiger partial charge in [0.2, 0.25) is 0 Å². The topological polar surface area (TPSA) is 54.0 Å². The molecule has 1 aliphatic rings. The maximum atomic E-state index is 12.0. The molecule has 19 heavy (non-hydrogen) atoms. The predicted molar refractivity (Wildman–Crippen MR) is 77.3 cm³/mol. The lowest BCUT2D eigenvalue weighted by atomic mass is 9.76. The number of pyridine rings is 1. The Kier molecular flexibility index (Phi) is 4.40. The summed E-state index contributed by atoms with van der Waals surface area (Å²) in [6, 6.07) is 3.62. The van der Waals surface area contributed by atoms with E-state index in [1.54, 1.807) is 12.3 Å². The van der Waals surface area contributed by atoms with Crippen LogP contribution in [0, 0.1) is 5.41 Å². The number of aromatic nitrogens is 1. The van der Waals surface area contributed by atoms with Crippen LogP contribution in [0.3, 0.4) is 0 Å². The lowest BCUT2D eigenvalue weighted by Crippen LogP contribution is -2.37. The van der Waals surface area contributed by atoms with Crippen molar-refractivity contribution < 1.29 is 4.79 Å². The van der Waals surface area contributed by atoms with Gasteiger partial charge in [-0.3, -0.25) is 4.79 Å².